The van der Waals surface area contributed by atoms with E-state index >= 15 is 0 Å². The minimum Gasteiger partial charge on any atom is -0.368 e. The Morgan fingerprint density at radius 3 is 2.70 bits per heavy atom. The van der Waals surface area contributed by atoms with Crippen molar-refractivity contribution in [3.8, 4) is 11.4 Å². The predicted octanol–water partition coefficient (Wildman–Crippen LogP) is 2.77. The zero-order valence-electron chi connectivity index (χ0n) is 14.4. The van der Waals surface area contributed by atoms with E-state index < -0.39 is 5.91 Å². The van der Waals surface area contributed by atoms with Gasteiger partial charge in [-0.2, -0.15) is 0 Å². The number of amides is 1. The molecule has 27 heavy (non-hydrogen) atoms. The van der Waals surface area contributed by atoms with E-state index in [0.29, 0.717) is 29.4 Å². The number of anilines is 1. The third kappa shape index (κ3) is 3.37. The van der Waals surface area contributed by atoms with Crippen molar-refractivity contribution in [3.63, 3.8) is 0 Å². The summed E-state index contributed by atoms with van der Waals surface area (Å²) in [5.41, 5.74) is 6.53. The van der Waals surface area contributed by atoms with Crippen LogP contribution in [0.3, 0.4) is 0 Å². The Balaban J connectivity index is 1.47. The van der Waals surface area contributed by atoms with Gasteiger partial charge >= 0.3 is 0 Å². The van der Waals surface area contributed by atoms with Crippen LogP contribution in [0.4, 0.5) is 10.2 Å². The lowest BCUT2D eigenvalue weighted by molar-refractivity contribution is 0.1000. The van der Waals surface area contributed by atoms with Gasteiger partial charge in [-0.15, -0.1) is 21.5 Å². The van der Waals surface area contributed by atoms with Crippen molar-refractivity contribution in [1.29, 1.82) is 0 Å². The lowest BCUT2D eigenvalue weighted by atomic mass is 9.66. The van der Waals surface area contributed by atoms with Crippen LogP contribution in [0.1, 0.15) is 34.8 Å². The Bertz CT molecular complexity index is 970. The van der Waals surface area contributed by atoms with Crippen molar-refractivity contribution in [2.45, 2.75) is 24.7 Å². The van der Waals surface area contributed by atoms with Crippen LogP contribution in [0.2, 0.25) is 0 Å². The normalized spacial score (nSPS) is 15.1. The fourth-order valence-electron chi connectivity index (χ4n) is 3.20. The molecule has 0 radical (unpaired) electrons. The van der Waals surface area contributed by atoms with E-state index in [4.69, 9.17) is 5.73 Å². The van der Waals surface area contributed by atoms with Crippen molar-refractivity contribution >= 4 is 23.1 Å². The van der Waals surface area contributed by atoms with E-state index in [1.165, 1.54) is 17.4 Å². The minimum atomic E-state index is -0.565. The Hall–Kier alpha value is -2.94. The summed E-state index contributed by atoms with van der Waals surface area (Å²) < 4.78 is 14.2. The number of nitrogens with zero attached hydrogens (tertiary/aromatic N) is 4. The molecule has 1 saturated carbocycles. The molecular formula is C18H17FN6OS. The number of primary amides is 1. The van der Waals surface area contributed by atoms with Gasteiger partial charge in [-0.25, -0.2) is 9.37 Å². The molecule has 0 spiro atoms. The van der Waals surface area contributed by atoms with E-state index in [1.54, 1.807) is 29.8 Å². The molecule has 1 fully saturated rings. The topological polar surface area (TPSA) is 107 Å². The number of carbonyl (C=O) groups excluding carboxylic acids is 1. The van der Waals surface area contributed by atoms with Gasteiger partial charge < -0.3 is 11.1 Å². The molecule has 3 aromatic rings. The monoisotopic (exact) mass is 384 g/mol. The van der Waals surface area contributed by atoms with E-state index in [0.717, 1.165) is 19.3 Å². The van der Waals surface area contributed by atoms with Crippen LogP contribution in [0.5, 0.6) is 0 Å². The Morgan fingerprint density at radius 2 is 2.11 bits per heavy atom. The average molecular weight is 384 g/mol. The molecule has 9 heteroatoms. The first kappa shape index (κ1) is 17.5. The van der Waals surface area contributed by atoms with Gasteiger partial charge in [-0.3, -0.25) is 9.78 Å². The second-order valence-corrected chi connectivity index (χ2v) is 7.39. The summed E-state index contributed by atoms with van der Waals surface area (Å²) in [5.74, 6) is -0.244. The molecular weight excluding hydrogens is 367 g/mol. The molecule has 3 N–H and O–H groups in total. The van der Waals surface area contributed by atoms with Gasteiger partial charge in [0.25, 0.3) is 5.91 Å². The van der Waals surface area contributed by atoms with Crippen LogP contribution in [0, 0.1) is 5.82 Å². The fraction of sp³-hybridized carbons (Fsp3) is 0.278. The maximum absolute atomic E-state index is 14.2. The first-order valence-corrected chi connectivity index (χ1v) is 9.40. The number of pyridine rings is 1. The summed E-state index contributed by atoms with van der Waals surface area (Å²) in [6.45, 7) is 0.539. The number of aromatic nitrogens is 4. The second-order valence-electron chi connectivity index (χ2n) is 6.53. The molecule has 0 aliphatic heterocycles. The molecule has 0 atom stereocenters. The van der Waals surface area contributed by atoms with Crippen LogP contribution in [-0.4, -0.2) is 32.6 Å². The van der Waals surface area contributed by atoms with E-state index in [1.807, 2.05) is 0 Å². The van der Waals surface area contributed by atoms with Crippen molar-refractivity contribution in [1.82, 2.24) is 20.2 Å². The predicted molar refractivity (Wildman–Crippen MR) is 99.9 cm³/mol. The number of nitrogens with one attached hydrogen (secondary N) is 1. The van der Waals surface area contributed by atoms with Gasteiger partial charge in [0, 0.05) is 23.5 Å². The molecule has 1 aliphatic rings. The maximum atomic E-state index is 14.2. The van der Waals surface area contributed by atoms with Crippen molar-refractivity contribution in [2.24, 2.45) is 5.73 Å². The summed E-state index contributed by atoms with van der Waals surface area (Å²) >= 11 is 1.17. The molecule has 3 aromatic heterocycles. The molecule has 0 aromatic carbocycles. The van der Waals surface area contributed by atoms with Gasteiger partial charge in [0.15, 0.2) is 5.01 Å². The summed E-state index contributed by atoms with van der Waals surface area (Å²) in [7, 11) is 0. The average Bonchev–Trinajstić information content (AvgIpc) is 3.13. The third-order valence-electron chi connectivity index (χ3n) is 4.82. The summed E-state index contributed by atoms with van der Waals surface area (Å²) in [6.07, 6.45) is 4.44. The summed E-state index contributed by atoms with van der Waals surface area (Å²) in [5, 5.41) is 13.5. The SMILES string of the molecule is NC(=O)c1nc(-c2ccc(NCC3(c4ncccc4F)CCC3)nn2)cs1. The maximum Gasteiger partial charge on any atom is 0.277 e. The van der Waals surface area contributed by atoms with Crippen molar-refractivity contribution in [3.05, 3.63) is 52.4 Å². The van der Waals surface area contributed by atoms with Crippen LogP contribution >= 0.6 is 11.3 Å². The number of thiazole rings is 1. The van der Waals surface area contributed by atoms with Gasteiger partial charge in [-0.05, 0) is 37.1 Å². The van der Waals surface area contributed by atoms with E-state index in [2.05, 4.69) is 25.5 Å². The largest absolute Gasteiger partial charge is 0.368 e. The Morgan fingerprint density at radius 1 is 1.26 bits per heavy atom. The molecule has 0 bridgehead atoms. The highest BCUT2D eigenvalue weighted by Crippen LogP contribution is 2.43. The standard InChI is InChI=1S/C18H17FN6OS/c19-11-3-1-8-21-15(11)18(6-2-7-18)10-22-14-5-4-12(24-25-14)13-9-27-17(23-13)16(20)26/h1,3-5,8-9H,2,6-7,10H2,(H2,20,26)(H,22,25). The number of rotatable bonds is 6. The number of nitrogens with two attached hydrogens (primary N) is 1. The van der Waals surface area contributed by atoms with E-state index in [-0.39, 0.29) is 16.2 Å². The third-order valence-corrected chi connectivity index (χ3v) is 5.68. The van der Waals surface area contributed by atoms with Crippen LogP contribution in [0.25, 0.3) is 11.4 Å². The Labute approximate surface area is 158 Å². The summed E-state index contributed by atoms with van der Waals surface area (Å²) in [4.78, 5) is 19.5. The first-order valence-electron chi connectivity index (χ1n) is 8.52. The highest BCUT2D eigenvalue weighted by Gasteiger charge is 2.41. The lowest BCUT2D eigenvalue weighted by Gasteiger charge is -2.41. The molecule has 3 heterocycles. The molecule has 138 valence electrons. The fourth-order valence-corrected chi connectivity index (χ4v) is 3.87. The second kappa shape index (κ2) is 6.99. The van der Waals surface area contributed by atoms with E-state index in [9.17, 15) is 9.18 Å². The molecule has 1 aliphatic carbocycles. The first-order chi connectivity index (χ1) is 13.1. The van der Waals surface area contributed by atoms with Crippen LogP contribution < -0.4 is 11.1 Å². The molecule has 4 rings (SSSR count). The number of hydrogen-bond donors (Lipinski definition) is 2. The minimum absolute atomic E-state index is 0.235. The number of hydrogen-bond acceptors (Lipinski definition) is 7. The van der Waals surface area contributed by atoms with Crippen molar-refractivity contribution in [2.75, 3.05) is 11.9 Å². The van der Waals surface area contributed by atoms with Gasteiger partial charge in [0.1, 0.15) is 23.0 Å². The summed E-state index contributed by atoms with van der Waals surface area (Å²) in [6, 6.07) is 6.60. The van der Waals surface area contributed by atoms with Gasteiger partial charge in [-0.1, -0.05) is 6.42 Å². The number of halogens is 1. The molecule has 0 saturated heterocycles. The highest BCUT2D eigenvalue weighted by molar-refractivity contribution is 7.12. The van der Waals surface area contributed by atoms with Gasteiger partial charge in [0.05, 0.1) is 5.69 Å². The smallest absolute Gasteiger partial charge is 0.277 e. The zero-order chi connectivity index (χ0) is 18.9. The molecule has 7 nitrogen and oxygen atoms in total. The number of carbonyl (C=O) groups is 1. The van der Waals surface area contributed by atoms with Crippen LogP contribution in [0.15, 0.2) is 35.8 Å². The zero-order valence-corrected chi connectivity index (χ0v) is 15.2. The highest BCUT2D eigenvalue weighted by atomic mass is 32.1. The van der Waals surface area contributed by atoms with Crippen molar-refractivity contribution < 1.29 is 9.18 Å². The quantitative estimate of drug-likeness (QED) is 0.677. The van der Waals surface area contributed by atoms with Crippen LogP contribution in [-0.2, 0) is 5.41 Å². The van der Waals surface area contributed by atoms with Gasteiger partial charge in [0.2, 0.25) is 0 Å². The Kier molecular flexibility index (Phi) is 4.53. The molecule has 0 unspecified atom stereocenters. The molecule has 1 amide bonds. The lowest BCUT2D eigenvalue weighted by Crippen LogP contribution is -2.42.